The van der Waals surface area contributed by atoms with E-state index in [1.165, 1.54) is 22.3 Å². The number of pyridine rings is 1. The second kappa shape index (κ2) is 8.80. The van der Waals surface area contributed by atoms with Gasteiger partial charge in [-0.3, -0.25) is 0 Å². The molecule has 0 atom stereocenters. The van der Waals surface area contributed by atoms with Crippen molar-refractivity contribution in [2.75, 3.05) is 26.3 Å². The number of morpholine rings is 1. The maximum Gasteiger partial charge on any atom is 0.244 e. The van der Waals surface area contributed by atoms with Gasteiger partial charge in [0.25, 0.3) is 0 Å². The standard InChI is InChI=1S/C18H17ClN4O4S2/c19-15-4-2-1-3-14(15)18-21-16(27-22-18)12-28-17-6-5-13(11-20-17)29(24,25)23-7-9-26-10-8-23/h1-6,11H,7-10,12H2. The molecule has 8 nitrogen and oxygen atoms in total. The van der Waals surface area contributed by atoms with Crippen LogP contribution in [0.25, 0.3) is 11.4 Å². The second-order valence-electron chi connectivity index (χ2n) is 6.13. The maximum absolute atomic E-state index is 12.6. The van der Waals surface area contributed by atoms with Crippen LogP contribution in [0, 0.1) is 0 Å². The predicted molar refractivity (Wildman–Crippen MR) is 108 cm³/mol. The van der Waals surface area contributed by atoms with E-state index in [2.05, 4.69) is 15.1 Å². The van der Waals surface area contributed by atoms with Crippen molar-refractivity contribution in [3.05, 3.63) is 53.5 Å². The molecule has 0 radical (unpaired) electrons. The smallest absolute Gasteiger partial charge is 0.244 e. The van der Waals surface area contributed by atoms with Crippen molar-refractivity contribution >= 4 is 33.4 Å². The average molecular weight is 453 g/mol. The van der Waals surface area contributed by atoms with Gasteiger partial charge in [-0.2, -0.15) is 9.29 Å². The molecule has 3 aromatic rings. The summed E-state index contributed by atoms with van der Waals surface area (Å²) in [6, 6.07) is 10.5. The van der Waals surface area contributed by atoms with Crippen molar-refractivity contribution in [3.8, 4) is 11.4 Å². The molecule has 3 heterocycles. The van der Waals surface area contributed by atoms with Gasteiger partial charge in [0, 0.05) is 24.8 Å². The van der Waals surface area contributed by atoms with Gasteiger partial charge in [-0.1, -0.05) is 40.7 Å². The number of thioether (sulfide) groups is 1. The molecule has 11 heteroatoms. The summed E-state index contributed by atoms with van der Waals surface area (Å²) >= 11 is 7.52. The average Bonchev–Trinajstić information content (AvgIpc) is 3.22. The summed E-state index contributed by atoms with van der Waals surface area (Å²) in [6.45, 7) is 1.51. The molecule has 0 bridgehead atoms. The molecular weight excluding hydrogens is 436 g/mol. The van der Waals surface area contributed by atoms with Crippen molar-refractivity contribution in [2.45, 2.75) is 15.7 Å². The lowest BCUT2D eigenvalue weighted by atomic mass is 10.2. The van der Waals surface area contributed by atoms with Crippen LogP contribution in [-0.4, -0.2) is 54.2 Å². The first-order valence-electron chi connectivity index (χ1n) is 8.78. The monoisotopic (exact) mass is 452 g/mol. The Morgan fingerprint density at radius 2 is 1.93 bits per heavy atom. The van der Waals surface area contributed by atoms with Gasteiger partial charge in [0.1, 0.15) is 4.90 Å². The van der Waals surface area contributed by atoms with E-state index in [1.807, 2.05) is 18.2 Å². The molecule has 0 spiro atoms. The SMILES string of the molecule is O=S(=O)(c1ccc(SCc2nc(-c3ccccc3Cl)no2)nc1)N1CCOCC1. The molecule has 0 N–H and O–H groups in total. The van der Waals surface area contributed by atoms with Gasteiger partial charge in [0.2, 0.25) is 21.7 Å². The molecule has 1 fully saturated rings. The summed E-state index contributed by atoms with van der Waals surface area (Å²) in [7, 11) is -3.55. The topological polar surface area (TPSA) is 98.4 Å². The first-order chi connectivity index (χ1) is 14.0. The quantitative estimate of drug-likeness (QED) is 0.526. The summed E-state index contributed by atoms with van der Waals surface area (Å²) in [6.07, 6.45) is 1.37. The lowest BCUT2D eigenvalue weighted by Gasteiger charge is -2.25. The number of rotatable bonds is 6. The van der Waals surface area contributed by atoms with Gasteiger partial charge in [-0.05, 0) is 24.3 Å². The number of ether oxygens (including phenoxy) is 1. The van der Waals surface area contributed by atoms with E-state index in [-0.39, 0.29) is 4.90 Å². The highest BCUT2D eigenvalue weighted by atomic mass is 35.5. The number of nitrogens with zero attached hydrogens (tertiary/aromatic N) is 4. The molecule has 1 aliphatic heterocycles. The number of hydrogen-bond donors (Lipinski definition) is 0. The number of aromatic nitrogens is 3. The largest absolute Gasteiger partial charge is 0.379 e. The molecule has 2 aromatic heterocycles. The predicted octanol–water partition coefficient (Wildman–Crippen LogP) is 3.10. The molecule has 4 rings (SSSR count). The van der Waals surface area contributed by atoms with Crippen molar-refractivity contribution in [3.63, 3.8) is 0 Å². The second-order valence-corrected chi connectivity index (χ2v) is 9.47. The summed E-state index contributed by atoms with van der Waals surface area (Å²) in [5.41, 5.74) is 0.699. The van der Waals surface area contributed by atoms with E-state index in [0.717, 1.165) is 0 Å². The van der Waals surface area contributed by atoms with Crippen LogP contribution in [0.1, 0.15) is 5.89 Å². The molecule has 29 heavy (non-hydrogen) atoms. The molecule has 1 saturated heterocycles. The minimum Gasteiger partial charge on any atom is -0.379 e. The minimum absolute atomic E-state index is 0.169. The molecule has 152 valence electrons. The highest BCUT2D eigenvalue weighted by Gasteiger charge is 2.26. The molecule has 0 saturated carbocycles. The third-order valence-corrected chi connectivity index (χ3v) is 7.38. The number of benzene rings is 1. The van der Waals surface area contributed by atoms with Gasteiger partial charge in [0.15, 0.2) is 0 Å². The van der Waals surface area contributed by atoms with Crippen molar-refractivity contribution in [1.82, 2.24) is 19.4 Å². The Morgan fingerprint density at radius 1 is 1.14 bits per heavy atom. The fourth-order valence-electron chi connectivity index (χ4n) is 2.74. The van der Waals surface area contributed by atoms with E-state index < -0.39 is 10.0 Å². The van der Waals surface area contributed by atoms with Crippen molar-refractivity contribution < 1.29 is 17.7 Å². The summed E-state index contributed by atoms with van der Waals surface area (Å²) in [5, 5.41) is 5.16. The van der Waals surface area contributed by atoms with Gasteiger partial charge in [-0.15, -0.1) is 0 Å². The zero-order valence-electron chi connectivity index (χ0n) is 15.2. The van der Waals surface area contributed by atoms with E-state index in [1.54, 1.807) is 18.2 Å². The minimum atomic E-state index is -3.55. The van der Waals surface area contributed by atoms with Crippen LogP contribution in [0.15, 0.2) is 57.0 Å². The fourth-order valence-corrected chi connectivity index (χ4v) is 5.00. The van der Waals surface area contributed by atoms with E-state index in [4.69, 9.17) is 20.9 Å². The summed E-state index contributed by atoms with van der Waals surface area (Å²) in [5.74, 6) is 1.25. The lowest BCUT2D eigenvalue weighted by molar-refractivity contribution is 0.0730. The van der Waals surface area contributed by atoms with Crippen LogP contribution in [0.3, 0.4) is 0 Å². The molecule has 0 amide bonds. The van der Waals surface area contributed by atoms with Crippen LogP contribution >= 0.6 is 23.4 Å². The highest BCUT2D eigenvalue weighted by Crippen LogP contribution is 2.27. The molecule has 1 aromatic carbocycles. The van der Waals surface area contributed by atoms with Crippen LogP contribution in [0.2, 0.25) is 5.02 Å². The van der Waals surface area contributed by atoms with E-state index in [0.29, 0.717) is 59.4 Å². The van der Waals surface area contributed by atoms with Crippen LogP contribution in [0.5, 0.6) is 0 Å². The first kappa shape index (κ1) is 20.3. The highest BCUT2D eigenvalue weighted by molar-refractivity contribution is 7.98. The Bertz CT molecular complexity index is 1080. The normalized spacial score (nSPS) is 15.5. The van der Waals surface area contributed by atoms with E-state index >= 15 is 0 Å². The summed E-state index contributed by atoms with van der Waals surface area (Å²) < 4.78 is 37.1. The van der Waals surface area contributed by atoms with Gasteiger partial charge >= 0.3 is 0 Å². The number of sulfonamides is 1. The van der Waals surface area contributed by atoms with Gasteiger partial charge < -0.3 is 9.26 Å². The molecular formula is C18H17ClN4O4S2. The van der Waals surface area contributed by atoms with Gasteiger partial charge in [-0.25, -0.2) is 13.4 Å². The molecule has 1 aliphatic rings. The van der Waals surface area contributed by atoms with Crippen LogP contribution in [0.4, 0.5) is 0 Å². The Balaban J connectivity index is 1.40. The third-order valence-electron chi connectivity index (χ3n) is 4.24. The van der Waals surface area contributed by atoms with Crippen LogP contribution < -0.4 is 0 Å². The third kappa shape index (κ3) is 4.62. The summed E-state index contributed by atoms with van der Waals surface area (Å²) in [4.78, 5) is 8.77. The van der Waals surface area contributed by atoms with Crippen molar-refractivity contribution in [2.24, 2.45) is 0 Å². The van der Waals surface area contributed by atoms with Crippen LogP contribution in [-0.2, 0) is 20.5 Å². The first-order valence-corrected chi connectivity index (χ1v) is 11.6. The Hall–Kier alpha value is -1.98. The Morgan fingerprint density at radius 3 is 2.66 bits per heavy atom. The lowest BCUT2D eigenvalue weighted by Crippen LogP contribution is -2.40. The fraction of sp³-hybridized carbons (Fsp3) is 0.278. The molecule has 0 unspecified atom stereocenters. The van der Waals surface area contributed by atoms with Gasteiger partial charge in [0.05, 0.1) is 29.0 Å². The number of halogens is 1. The Kier molecular flexibility index (Phi) is 6.16. The molecule has 0 aliphatic carbocycles. The number of hydrogen-bond acceptors (Lipinski definition) is 8. The van der Waals surface area contributed by atoms with Crippen molar-refractivity contribution in [1.29, 1.82) is 0 Å². The maximum atomic E-state index is 12.6. The zero-order chi connectivity index (χ0) is 20.3. The zero-order valence-corrected chi connectivity index (χ0v) is 17.6. The Labute approximate surface area is 177 Å². The van der Waals surface area contributed by atoms with E-state index in [9.17, 15) is 8.42 Å².